The number of amides is 1. The topological polar surface area (TPSA) is 110 Å². The number of carbonyl (C=O) groups is 2. The fraction of sp³-hybridized carbons (Fsp3) is 0.333. The van der Waals surface area contributed by atoms with Gasteiger partial charge in [-0.2, -0.15) is 0 Å². The van der Waals surface area contributed by atoms with Crippen molar-refractivity contribution in [2.45, 2.75) is 26.3 Å². The highest BCUT2D eigenvalue weighted by atomic mass is 16.6. The Morgan fingerprint density at radius 1 is 1.47 bits per heavy atom. The van der Waals surface area contributed by atoms with Crippen molar-refractivity contribution in [1.29, 1.82) is 0 Å². The van der Waals surface area contributed by atoms with Crippen molar-refractivity contribution in [3.8, 4) is 0 Å². The normalized spacial score (nSPS) is 11.7. The molecular formula is C12H14N2O5. The average molecular weight is 266 g/mol. The lowest BCUT2D eigenvalue weighted by Crippen LogP contribution is -2.38. The van der Waals surface area contributed by atoms with Gasteiger partial charge in [0, 0.05) is 17.2 Å². The van der Waals surface area contributed by atoms with E-state index in [1.165, 1.54) is 19.1 Å². The molecule has 0 fully saturated rings. The molecule has 0 aliphatic carbocycles. The van der Waals surface area contributed by atoms with Crippen molar-refractivity contribution in [3.63, 3.8) is 0 Å². The molecule has 0 saturated carbocycles. The number of carbonyl (C=O) groups excluding carboxylic acids is 1. The minimum Gasteiger partial charge on any atom is -0.480 e. The van der Waals surface area contributed by atoms with Gasteiger partial charge in [0.05, 0.1) is 4.92 Å². The van der Waals surface area contributed by atoms with Crippen molar-refractivity contribution in [2.75, 3.05) is 0 Å². The predicted molar refractivity (Wildman–Crippen MR) is 67.0 cm³/mol. The molecular weight excluding hydrogens is 252 g/mol. The second-order valence-electron chi connectivity index (χ2n) is 3.99. The zero-order valence-electron chi connectivity index (χ0n) is 10.5. The van der Waals surface area contributed by atoms with Gasteiger partial charge in [-0.05, 0) is 19.4 Å². The summed E-state index contributed by atoms with van der Waals surface area (Å²) < 4.78 is 0. The van der Waals surface area contributed by atoms with Gasteiger partial charge < -0.3 is 10.4 Å². The summed E-state index contributed by atoms with van der Waals surface area (Å²) in [6.07, 6.45) is 0.476. The average Bonchev–Trinajstić information content (AvgIpc) is 2.37. The van der Waals surface area contributed by atoms with Gasteiger partial charge in [0.15, 0.2) is 0 Å². The smallest absolute Gasteiger partial charge is 0.325 e. The van der Waals surface area contributed by atoms with E-state index < -0.39 is 22.8 Å². The van der Waals surface area contributed by atoms with Crippen molar-refractivity contribution in [3.05, 3.63) is 39.4 Å². The minimum absolute atomic E-state index is 0.0667. The fourth-order valence-corrected chi connectivity index (χ4v) is 1.52. The van der Waals surface area contributed by atoms with Crippen LogP contribution >= 0.6 is 0 Å². The number of benzene rings is 1. The molecule has 0 aromatic heterocycles. The van der Waals surface area contributed by atoms with E-state index in [0.717, 1.165) is 6.07 Å². The first kappa shape index (κ1) is 14.6. The van der Waals surface area contributed by atoms with Gasteiger partial charge in [0.2, 0.25) is 0 Å². The molecule has 19 heavy (non-hydrogen) atoms. The highest BCUT2D eigenvalue weighted by Gasteiger charge is 2.19. The van der Waals surface area contributed by atoms with Crippen LogP contribution in [0.4, 0.5) is 5.69 Å². The molecule has 1 aromatic carbocycles. The lowest BCUT2D eigenvalue weighted by molar-refractivity contribution is -0.385. The van der Waals surface area contributed by atoms with E-state index in [2.05, 4.69) is 5.32 Å². The molecule has 102 valence electrons. The van der Waals surface area contributed by atoms with Gasteiger partial charge in [-0.25, -0.2) is 0 Å². The lowest BCUT2D eigenvalue weighted by Gasteiger charge is -2.09. The summed E-state index contributed by atoms with van der Waals surface area (Å²) in [5.41, 5.74) is 0.447. The predicted octanol–water partition coefficient (Wildman–Crippen LogP) is 1.36. The summed E-state index contributed by atoms with van der Waals surface area (Å²) in [7, 11) is 0. The van der Waals surface area contributed by atoms with Crippen LogP contribution < -0.4 is 5.32 Å². The molecule has 0 bridgehead atoms. The van der Waals surface area contributed by atoms with E-state index in [0.29, 0.717) is 12.0 Å². The van der Waals surface area contributed by atoms with Gasteiger partial charge in [0.1, 0.15) is 6.04 Å². The minimum atomic E-state index is -1.17. The van der Waals surface area contributed by atoms with Crippen LogP contribution in [0, 0.1) is 10.1 Å². The first-order valence-corrected chi connectivity index (χ1v) is 5.67. The number of carboxylic acids is 1. The standard InChI is InChI=1S/C12H14N2O5/c1-3-8-4-5-9(6-10(8)14(18)19)11(15)13-7(2)12(16)17/h4-7H,3H2,1-2H3,(H,13,15)(H,16,17). The number of nitrogens with one attached hydrogen (secondary N) is 1. The summed E-state index contributed by atoms with van der Waals surface area (Å²) >= 11 is 0. The van der Waals surface area contributed by atoms with Crippen LogP contribution in [0.25, 0.3) is 0 Å². The second kappa shape index (κ2) is 5.94. The van der Waals surface area contributed by atoms with E-state index in [1.807, 2.05) is 0 Å². The summed E-state index contributed by atoms with van der Waals surface area (Å²) in [5, 5.41) is 21.8. The quantitative estimate of drug-likeness (QED) is 0.617. The Bertz CT molecular complexity index is 527. The van der Waals surface area contributed by atoms with Gasteiger partial charge >= 0.3 is 5.97 Å². The van der Waals surface area contributed by atoms with Crippen LogP contribution in [0.3, 0.4) is 0 Å². The molecule has 0 spiro atoms. The molecule has 7 heteroatoms. The first-order chi connectivity index (χ1) is 8.86. The van der Waals surface area contributed by atoms with Crippen molar-refractivity contribution < 1.29 is 19.6 Å². The van der Waals surface area contributed by atoms with Crippen molar-refractivity contribution >= 4 is 17.6 Å². The molecule has 1 atom stereocenters. The summed E-state index contributed by atoms with van der Waals surface area (Å²) in [6.45, 7) is 3.09. The van der Waals surface area contributed by atoms with E-state index in [4.69, 9.17) is 5.11 Å². The number of rotatable bonds is 5. The maximum Gasteiger partial charge on any atom is 0.325 e. The van der Waals surface area contributed by atoms with Gasteiger partial charge in [0.25, 0.3) is 11.6 Å². The Hall–Kier alpha value is -2.44. The SMILES string of the molecule is CCc1ccc(C(=O)NC(C)C(=O)O)cc1[N+](=O)[O-]. The van der Waals surface area contributed by atoms with E-state index in [1.54, 1.807) is 6.92 Å². The van der Waals surface area contributed by atoms with Gasteiger partial charge in [-0.1, -0.05) is 13.0 Å². The molecule has 0 aliphatic heterocycles. The summed E-state index contributed by atoms with van der Waals surface area (Å²) in [5.74, 6) is -1.83. The maximum absolute atomic E-state index is 11.7. The molecule has 1 rings (SSSR count). The summed E-state index contributed by atoms with van der Waals surface area (Å²) in [6, 6.07) is 3.04. The molecule has 1 aromatic rings. The molecule has 1 amide bonds. The van der Waals surface area contributed by atoms with E-state index in [9.17, 15) is 19.7 Å². The molecule has 0 saturated heterocycles. The number of nitro benzene ring substituents is 1. The van der Waals surface area contributed by atoms with Crippen LogP contribution in [0.5, 0.6) is 0 Å². The first-order valence-electron chi connectivity index (χ1n) is 5.67. The van der Waals surface area contributed by atoms with Crippen LogP contribution in [-0.4, -0.2) is 27.9 Å². The van der Waals surface area contributed by atoms with E-state index in [-0.39, 0.29) is 11.3 Å². The number of carboxylic acid groups (broad SMARTS) is 1. The zero-order valence-corrected chi connectivity index (χ0v) is 10.5. The van der Waals surface area contributed by atoms with Crippen molar-refractivity contribution in [1.82, 2.24) is 5.32 Å². The van der Waals surface area contributed by atoms with Gasteiger partial charge in [-0.15, -0.1) is 0 Å². The number of hydrogen-bond acceptors (Lipinski definition) is 4. The van der Waals surface area contributed by atoms with Crippen LogP contribution in [0.15, 0.2) is 18.2 Å². The number of nitro groups is 1. The number of nitrogens with zero attached hydrogens (tertiary/aromatic N) is 1. The highest BCUT2D eigenvalue weighted by Crippen LogP contribution is 2.20. The third-order valence-electron chi connectivity index (χ3n) is 2.64. The van der Waals surface area contributed by atoms with Gasteiger partial charge in [-0.3, -0.25) is 19.7 Å². The lowest BCUT2D eigenvalue weighted by atomic mass is 10.1. The highest BCUT2D eigenvalue weighted by molar-refractivity contribution is 5.97. The third kappa shape index (κ3) is 3.51. The second-order valence-corrected chi connectivity index (χ2v) is 3.99. The fourth-order valence-electron chi connectivity index (χ4n) is 1.52. The number of aryl methyl sites for hydroxylation is 1. The Morgan fingerprint density at radius 3 is 2.58 bits per heavy atom. The Balaban J connectivity index is 3.02. The molecule has 7 nitrogen and oxygen atoms in total. The zero-order chi connectivity index (χ0) is 14.6. The Morgan fingerprint density at radius 2 is 2.11 bits per heavy atom. The third-order valence-corrected chi connectivity index (χ3v) is 2.64. The molecule has 0 radical (unpaired) electrons. The molecule has 0 heterocycles. The van der Waals surface area contributed by atoms with E-state index >= 15 is 0 Å². The Kier molecular flexibility index (Phi) is 4.57. The monoisotopic (exact) mass is 266 g/mol. The molecule has 2 N–H and O–H groups in total. The largest absolute Gasteiger partial charge is 0.480 e. The number of aliphatic carboxylic acids is 1. The van der Waals surface area contributed by atoms with Crippen LogP contribution in [0.2, 0.25) is 0 Å². The molecule has 0 aliphatic rings. The van der Waals surface area contributed by atoms with Crippen LogP contribution in [0.1, 0.15) is 29.8 Å². The number of hydrogen-bond donors (Lipinski definition) is 2. The van der Waals surface area contributed by atoms with Crippen molar-refractivity contribution in [2.24, 2.45) is 0 Å². The summed E-state index contributed by atoms with van der Waals surface area (Å²) in [4.78, 5) is 32.7. The maximum atomic E-state index is 11.7. The Labute approximate surface area is 109 Å². The molecule has 1 unspecified atom stereocenters. The van der Waals surface area contributed by atoms with Crippen LogP contribution in [-0.2, 0) is 11.2 Å².